The van der Waals surface area contributed by atoms with Crippen LogP contribution in [0.5, 0.6) is 0 Å². The van der Waals surface area contributed by atoms with Gasteiger partial charge in [0.05, 0.1) is 23.6 Å². The van der Waals surface area contributed by atoms with Crippen molar-refractivity contribution in [3.63, 3.8) is 0 Å². The Hall–Kier alpha value is -5.87. The van der Waals surface area contributed by atoms with Crippen molar-refractivity contribution in [1.29, 1.82) is 0 Å². The maximum Gasteiger partial charge on any atom is 0.419 e. The highest BCUT2D eigenvalue weighted by Crippen LogP contribution is 2.26. The monoisotopic (exact) mass is 865 g/mol. The first-order valence-electron chi connectivity index (χ1n) is 22.0. The number of amides is 3. The number of ketones is 3. The van der Waals surface area contributed by atoms with Gasteiger partial charge in [-0.25, -0.2) is 4.79 Å². The van der Waals surface area contributed by atoms with Gasteiger partial charge in [0.25, 0.3) is 0 Å². The molecular formula is C50H67N5O8. The molecule has 3 rings (SSSR count). The van der Waals surface area contributed by atoms with Crippen LogP contribution in [0.3, 0.4) is 0 Å². The summed E-state index contributed by atoms with van der Waals surface area (Å²) in [4.78, 5) is 95.5. The number of carbonyl (C=O) groups is 7. The zero-order chi connectivity index (χ0) is 46.7. The lowest BCUT2D eigenvalue weighted by molar-refractivity contribution is -0.135. The molecule has 0 spiro atoms. The number of rotatable bonds is 26. The van der Waals surface area contributed by atoms with E-state index in [0.29, 0.717) is 35.9 Å². The summed E-state index contributed by atoms with van der Waals surface area (Å²) in [5.41, 5.74) is 1.10. The lowest BCUT2D eigenvalue weighted by Gasteiger charge is -2.25. The van der Waals surface area contributed by atoms with Gasteiger partial charge in [0.15, 0.2) is 17.3 Å². The van der Waals surface area contributed by atoms with E-state index in [9.17, 15) is 33.6 Å². The second-order valence-electron chi connectivity index (χ2n) is 17.4. The summed E-state index contributed by atoms with van der Waals surface area (Å²) >= 11 is 0. The fraction of sp³-hybridized carbons (Fsp3) is 0.500. The molecule has 0 aliphatic heterocycles. The van der Waals surface area contributed by atoms with Gasteiger partial charge in [-0.1, -0.05) is 82.3 Å². The number of para-hydroxylation sites is 1. The minimum Gasteiger partial charge on any atom is -0.443 e. The van der Waals surface area contributed by atoms with Gasteiger partial charge < -0.3 is 26.0 Å². The standard InChI is InChI=1S/C50H67N5O8/c1-10-20-39(52-46(59)33(4)5)44(57)28-34(6)47(60)54-41(30-37-32-55(49(62)63-50(7,8)9)42-25-17-16-23-38(37)42)45(58)31-36(29-35-21-14-13-15-22-35)48(61)53-40(43(56)12-3)24-18-19-27-51-26-11-2/h1,11,13-17,21-23,25,32-34,36,39-41,51H,2,12,18-20,24,26-31H2,3-9H3,(H,52,59)(H,53,61)(H,54,60)/t34-,36+,39-,40+,41+/m1/s1. The maximum atomic E-state index is 14.7. The third-order valence-corrected chi connectivity index (χ3v) is 10.6. The minimum atomic E-state index is -1.21. The highest BCUT2D eigenvalue weighted by molar-refractivity contribution is 5.98. The van der Waals surface area contributed by atoms with E-state index in [1.165, 1.54) is 4.57 Å². The Morgan fingerprint density at radius 3 is 2.06 bits per heavy atom. The molecule has 0 aliphatic carbocycles. The molecule has 13 nitrogen and oxygen atoms in total. The number of fused-ring (bicyclic) bond motifs is 1. The molecule has 0 aliphatic rings. The van der Waals surface area contributed by atoms with Gasteiger partial charge in [-0.15, -0.1) is 18.9 Å². The van der Waals surface area contributed by atoms with Crippen molar-refractivity contribution in [2.75, 3.05) is 13.1 Å². The van der Waals surface area contributed by atoms with E-state index in [2.05, 4.69) is 33.8 Å². The van der Waals surface area contributed by atoms with E-state index in [-0.39, 0.29) is 50.2 Å². The molecule has 2 aromatic carbocycles. The number of ether oxygens (including phenoxy) is 1. The van der Waals surface area contributed by atoms with Crippen LogP contribution in [-0.2, 0) is 46.3 Å². The van der Waals surface area contributed by atoms with Crippen molar-refractivity contribution in [2.24, 2.45) is 17.8 Å². The second-order valence-corrected chi connectivity index (χ2v) is 17.4. The summed E-state index contributed by atoms with van der Waals surface area (Å²) in [7, 11) is 0. The Bertz CT molecular complexity index is 2090. The number of nitrogens with one attached hydrogen (secondary N) is 4. The molecule has 0 fully saturated rings. The molecule has 0 saturated carbocycles. The number of hydrogen-bond donors (Lipinski definition) is 4. The normalized spacial score (nSPS) is 13.8. The molecule has 0 bridgehead atoms. The van der Waals surface area contributed by atoms with Gasteiger partial charge in [0.2, 0.25) is 17.7 Å². The highest BCUT2D eigenvalue weighted by Gasteiger charge is 2.33. The average Bonchev–Trinajstić information content (AvgIpc) is 3.61. The van der Waals surface area contributed by atoms with Crippen LogP contribution in [0.25, 0.3) is 10.9 Å². The molecule has 13 heteroatoms. The van der Waals surface area contributed by atoms with Crippen LogP contribution in [0.2, 0.25) is 0 Å². The second kappa shape index (κ2) is 25.3. The number of nitrogens with zero attached hydrogens (tertiary/aromatic N) is 1. The Morgan fingerprint density at radius 2 is 1.43 bits per heavy atom. The number of unbranched alkanes of at least 4 members (excludes halogenated alkanes) is 1. The fourth-order valence-corrected chi connectivity index (χ4v) is 7.09. The fourth-order valence-electron chi connectivity index (χ4n) is 7.09. The van der Waals surface area contributed by atoms with Gasteiger partial charge in [-0.2, -0.15) is 0 Å². The molecule has 63 heavy (non-hydrogen) atoms. The smallest absolute Gasteiger partial charge is 0.419 e. The summed E-state index contributed by atoms with van der Waals surface area (Å²) in [6.45, 7) is 17.0. The van der Waals surface area contributed by atoms with E-state index in [1.807, 2.05) is 30.3 Å². The topological polar surface area (TPSA) is 182 Å². The molecule has 1 heterocycles. The predicted molar refractivity (Wildman–Crippen MR) is 246 cm³/mol. The molecule has 340 valence electrons. The summed E-state index contributed by atoms with van der Waals surface area (Å²) < 4.78 is 7.05. The Balaban J connectivity index is 2.01. The molecule has 3 amide bonds. The molecule has 3 aromatic rings. The largest absolute Gasteiger partial charge is 0.443 e. The van der Waals surface area contributed by atoms with Crippen molar-refractivity contribution in [3.05, 3.63) is 84.6 Å². The Kier molecular flexibility index (Phi) is 20.7. The maximum absolute atomic E-state index is 14.7. The third-order valence-electron chi connectivity index (χ3n) is 10.6. The first-order valence-corrected chi connectivity index (χ1v) is 22.0. The summed E-state index contributed by atoms with van der Waals surface area (Å²) in [6.07, 6.45) is 9.86. The average molecular weight is 866 g/mol. The lowest BCUT2D eigenvalue weighted by atomic mass is 9.88. The van der Waals surface area contributed by atoms with Crippen LogP contribution in [0.4, 0.5) is 4.79 Å². The summed E-state index contributed by atoms with van der Waals surface area (Å²) in [5, 5.41) is 12.4. The van der Waals surface area contributed by atoms with E-state index in [4.69, 9.17) is 11.2 Å². The van der Waals surface area contributed by atoms with E-state index in [1.54, 1.807) is 85.0 Å². The van der Waals surface area contributed by atoms with E-state index in [0.717, 1.165) is 18.5 Å². The lowest BCUT2D eigenvalue weighted by Crippen LogP contribution is -2.48. The Morgan fingerprint density at radius 1 is 0.794 bits per heavy atom. The number of hydrogen-bond acceptors (Lipinski definition) is 9. The molecule has 0 saturated heterocycles. The van der Waals surface area contributed by atoms with E-state index >= 15 is 0 Å². The zero-order valence-electron chi connectivity index (χ0n) is 38.1. The SMILES string of the molecule is C#CC[C@@H](NC(=O)C(C)C)C(=O)C[C@@H](C)C(=O)N[C@@H](Cc1cn(C(=O)OC(C)(C)C)c2ccccc12)C(=O)C[C@H](Cc1ccccc1)C(=O)N[C@@H](CCCCNCC=C)C(=O)CC. The molecule has 0 radical (unpaired) electrons. The number of Topliss-reactive ketones (excluding diaryl/α,β-unsaturated/α-hetero) is 3. The van der Waals surface area contributed by atoms with Crippen molar-refractivity contribution >= 4 is 52.1 Å². The number of aromatic nitrogens is 1. The van der Waals surface area contributed by atoms with E-state index < -0.39 is 71.0 Å². The van der Waals surface area contributed by atoms with Crippen molar-refractivity contribution in [2.45, 2.75) is 130 Å². The third kappa shape index (κ3) is 16.7. The van der Waals surface area contributed by atoms with Gasteiger partial charge in [-0.05, 0) is 70.2 Å². The van der Waals surface area contributed by atoms with Crippen LogP contribution < -0.4 is 21.3 Å². The molecule has 1 aromatic heterocycles. The molecule has 0 unspecified atom stereocenters. The molecule has 4 N–H and O–H groups in total. The number of carbonyl (C=O) groups excluding carboxylic acids is 7. The first-order chi connectivity index (χ1) is 29.9. The molecular weight excluding hydrogens is 799 g/mol. The summed E-state index contributed by atoms with van der Waals surface area (Å²) in [6, 6.07) is 13.4. The minimum absolute atomic E-state index is 0.0586. The highest BCUT2D eigenvalue weighted by atomic mass is 16.6. The van der Waals surface area contributed by atoms with Crippen molar-refractivity contribution in [3.8, 4) is 12.3 Å². The number of benzene rings is 2. The van der Waals surface area contributed by atoms with Crippen LogP contribution in [0, 0.1) is 30.1 Å². The van der Waals surface area contributed by atoms with Crippen LogP contribution in [-0.4, -0.2) is 82.5 Å². The molecule has 5 atom stereocenters. The summed E-state index contributed by atoms with van der Waals surface area (Å²) in [5.74, 6) is -2.27. The zero-order valence-corrected chi connectivity index (χ0v) is 38.1. The number of terminal acetylenes is 1. The van der Waals surface area contributed by atoms with Gasteiger partial charge >= 0.3 is 6.09 Å². The quantitative estimate of drug-likeness (QED) is 0.0401. The van der Waals surface area contributed by atoms with Gasteiger partial charge in [-0.3, -0.25) is 33.3 Å². The van der Waals surface area contributed by atoms with Crippen molar-refractivity contribution < 1.29 is 38.3 Å². The Labute approximate surface area is 372 Å². The predicted octanol–water partition coefficient (Wildman–Crippen LogP) is 6.44. The van der Waals surface area contributed by atoms with Crippen LogP contribution >= 0.6 is 0 Å². The van der Waals surface area contributed by atoms with Crippen LogP contribution in [0.1, 0.15) is 105 Å². The van der Waals surface area contributed by atoms with Crippen molar-refractivity contribution in [1.82, 2.24) is 25.8 Å². The van der Waals surface area contributed by atoms with Gasteiger partial charge in [0.1, 0.15) is 5.60 Å². The first kappa shape index (κ1) is 51.5. The van der Waals surface area contributed by atoms with Crippen LogP contribution in [0.15, 0.2) is 73.4 Å². The van der Waals surface area contributed by atoms with Gasteiger partial charge in [0, 0.05) is 68.0 Å².